The SMILES string of the molecule is COc1cc2oc(-c3ccc(OC(=O)N4CCCC4)cc3)cc(=O)c2c(OC)c1OC. The summed E-state index contributed by atoms with van der Waals surface area (Å²) < 4.78 is 27.5. The maximum Gasteiger partial charge on any atom is 0.415 e. The van der Waals surface area contributed by atoms with Gasteiger partial charge in [0.2, 0.25) is 5.75 Å². The Morgan fingerprint density at radius 2 is 1.61 bits per heavy atom. The predicted molar refractivity (Wildman–Crippen MR) is 114 cm³/mol. The number of methoxy groups -OCH3 is 3. The van der Waals surface area contributed by atoms with Crippen LogP contribution in [0.3, 0.4) is 0 Å². The summed E-state index contributed by atoms with van der Waals surface area (Å²) in [6.45, 7) is 1.44. The number of benzene rings is 2. The molecule has 0 bridgehead atoms. The van der Waals surface area contributed by atoms with Crippen molar-refractivity contribution >= 4 is 17.1 Å². The molecule has 0 N–H and O–H groups in total. The van der Waals surface area contributed by atoms with Crippen LogP contribution >= 0.6 is 0 Å². The normalized spacial score (nSPS) is 13.3. The molecule has 0 radical (unpaired) electrons. The molecule has 0 unspecified atom stereocenters. The van der Waals surface area contributed by atoms with Gasteiger partial charge in [-0.05, 0) is 37.1 Å². The molecule has 0 spiro atoms. The van der Waals surface area contributed by atoms with E-state index in [0.717, 1.165) is 25.9 Å². The van der Waals surface area contributed by atoms with Crippen LogP contribution in [-0.2, 0) is 0 Å². The monoisotopic (exact) mass is 425 g/mol. The number of carbonyl (C=O) groups is 1. The third-order valence-electron chi connectivity index (χ3n) is 5.23. The summed E-state index contributed by atoms with van der Waals surface area (Å²) in [5, 5.41) is 0.264. The second-order valence-corrected chi connectivity index (χ2v) is 7.08. The fourth-order valence-electron chi connectivity index (χ4n) is 3.68. The fourth-order valence-corrected chi connectivity index (χ4v) is 3.68. The predicted octanol–water partition coefficient (Wildman–Crippen LogP) is 4.08. The van der Waals surface area contributed by atoms with E-state index in [9.17, 15) is 9.59 Å². The molecule has 0 atom stereocenters. The van der Waals surface area contributed by atoms with E-state index in [1.54, 1.807) is 35.2 Å². The lowest BCUT2D eigenvalue weighted by Crippen LogP contribution is -2.30. The number of carbonyl (C=O) groups excluding carboxylic acids is 1. The van der Waals surface area contributed by atoms with Gasteiger partial charge < -0.3 is 28.3 Å². The van der Waals surface area contributed by atoms with Gasteiger partial charge in [-0.2, -0.15) is 0 Å². The number of likely N-dealkylation sites (tertiary alicyclic amines) is 1. The van der Waals surface area contributed by atoms with Gasteiger partial charge >= 0.3 is 6.09 Å². The van der Waals surface area contributed by atoms with Crippen LogP contribution in [0.1, 0.15) is 12.8 Å². The van der Waals surface area contributed by atoms with Gasteiger partial charge in [-0.1, -0.05) is 0 Å². The van der Waals surface area contributed by atoms with Crippen LogP contribution in [0.25, 0.3) is 22.3 Å². The van der Waals surface area contributed by atoms with Crippen LogP contribution in [0.4, 0.5) is 4.79 Å². The maximum atomic E-state index is 12.9. The highest BCUT2D eigenvalue weighted by molar-refractivity contribution is 5.90. The van der Waals surface area contributed by atoms with Gasteiger partial charge in [0, 0.05) is 30.8 Å². The first-order valence-corrected chi connectivity index (χ1v) is 9.89. The maximum absolute atomic E-state index is 12.9. The van der Waals surface area contributed by atoms with Crippen LogP contribution in [0, 0.1) is 0 Å². The Morgan fingerprint density at radius 1 is 0.935 bits per heavy atom. The van der Waals surface area contributed by atoms with Crippen molar-refractivity contribution in [3.05, 3.63) is 46.6 Å². The van der Waals surface area contributed by atoms with Crippen molar-refractivity contribution in [3.8, 4) is 34.3 Å². The van der Waals surface area contributed by atoms with E-state index in [4.69, 9.17) is 23.4 Å². The van der Waals surface area contributed by atoms with Crippen LogP contribution in [0.2, 0.25) is 0 Å². The Labute approximate surface area is 178 Å². The molecule has 1 amide bonds. The molecule has 31 heavy (non-hydrogen) atoms. The lowest BCUT2D eigenvalue weighted by atomic mass is 10.1. The summed E-state index contributed by atoms with van der Waals surface area (Å²) in [4.78, 5) is 26.7. The van der Waals surface area contributed by atoms with Crippen molar-refractivity contribution in [3.63, 3.8) is 0 Å². The zero-order valence-corrected chi connectivity index (χ0v) is 17.6. The molecule has 1 aliphatic rings. The number of nitrogens with zero attached hydrogens (tertiary/aromatic N) is 1. The second-order valence-electron chi connectivity index (χ2n) is 7.08. The number of rotatable bonds is 5. The highest BCUT2D eigenvalue weighted by atomic mass is 16.6. The van der Waals surface area contributed by atoms with Gasteiger partial charge in [0.05, 0.1) is 21.3 Å². The Kier molecular flexibility index (Phi) is 5.70. The van der Waals surface area contributed by atoms with Gasteiger partial charge in [0.25, 0.3) is 0 Å². The highest BCUT2D eigenvalue weighted by Crippen LogP contribution is 2.42. The van der Waals surface area contributed by atoms with Crippen molar-refractivity contribution in [1.29, 1.82) is 0 Å². The summed E-state index contributed by atoms with van der Waals surface area (Å²) in [5.74, 6) is 1.75. The lowest BCUT2D eigenvalue weighted by molar-refractivity contribution is 0.163. The smallest absolute Gasteiger partial charge is 0.415 e. The third kappa shape index (κ3) is 3.88. The Balaban J connectivity index is 1.68. The molecule has 162 valence electrons. The van der Waals surface area contributed by atoms with E-state index in [1.165, 1.54) is 27.4 Å². The molecule has 0 aliphatic carbocycles. The van der Waals surface area contributed by atoms with E-state index in [2.05, 4.69) is 0 Å². The second kappa shape index (κ2) is 8.59. The topological polar surface area (TPSA) is 87.4 Å². The van der Waals surface area contributed by atoms with Gasteiger partial charge in [0.15, 0.2) is 16.9 Å². The quantitative estimate of drug-likeness (QED) is 0.609. The van der Waals surface area contributed by atoms with E-state index in [1.807, 2.05) is 0 Å². The van der Waals surface area contributed by atoms with E-state index >= 15 is 0 Å². The number of hydrogen-bond donors (Lipinski definition) is 0. The minimum absolute atomic E-state index is 0.251. The molecule has 8 nitrogen and oxygen atoms in total. The van der Waals surface area contributed by atoms with Crippen molar-refractivity contribution in [2.24, 2.45) is 0 Å². The van der Waals surface area contributed by atoms with Crippen molar-refractivity contribution in [1.82, 2.24) is 4.90 Å². The number of ether oxygens (including phenoxy) is 4. The zero-order valence-electron chi connectivity index (χ0n) is 17.6. The molecule has 1 aromatic heterocycles. The van der Waals surface area contributed by atoms with Gasteiger partial charge in [0.1, 0.15) is 22.5 Å². The summed E-state index contributed by atoms with van der Waals surface area (Å²) in [5.41, 5.74) is 0.689. The molecule has 2 heterocycles. The van der Waals surface area contributed by atoms with Gasteiger partial charge in [-0.3, -0.25) is 4.79 Å². The third-order valence-corrected chi connectivity index (χ3v) is 5.23. The van der Waals surface area contributed by atoms with Crippen LogP contribution in [0.5, 0.6) is 23.0 Å². The van der Waals surface area contributed by atoms with Crippen LogP contribution in [-0.4, -0.2) is 45.4 Å². The number of fused-ring (bicyclic) bond motifs is 1. The Bertz CT molecular complexity index is 1160. The summed E-state index contributed by atoms with van der Waals surface area (Å²) >= 11 is 0. The minimum atomic E-state index is -0.351. The minimum Gasteiger partial charge on any atom is -0.493 e. The standard InChI is InChI=1S/C23H23NO7/c1-27-19-13-18-20(22(29-3)21(19)28-2)16(25)12-17(31-18)14-6-8-15(9-7-14)30-23(26)24-10-4-5-11-24/h6-9,12-13H,4-5,10-11H2,1-3H3. The molecule has 3 aromatic rings. The molecule has 0 saturated carbocycles. The van der Waals surface area contributed by atoms with E-state index in [-0.39, 0.29) is 22.7 Å². The first kappa shape index (κ1) is 20.6. The average Bonchev–Trinajstić information content (AvgIpc) is 3.33. The summed E-state index contributed by atoms with van der Waals surface area (Å²) in [6, 6.07) is 9.78. The van der Waals surface area contributed by atoms with Crippen molar-refractivity contribution in [2.45, 2.75) is 12.8 Å². The summed E-state index contributed by atoms with van der Waals surface area (Å²) in [7, 11) is 4.42. The lowest BCUT2D eigenvalue weighted by Gasteiger charge is -2.15. The fraction of sp³-hybridized carbons (Fsp3) is 0.304. The molecule has 2 aromatic carbocycles. The molecule has 8 heteroatoms. The molecule has 1 saturated heterocycles. The molecular weight excluding hydrogens is 402 g/mol. The zero-order chi connectivity index (χ0) is 22.0. The van der Waals surface area contributed by atoms with Crippen molar-refractivity contribution < 1.29 is 28.2 Å². The van der Waals surface area contributed by atoms with Gasteiger partial charge in [-0.25, -0.2) is 4.79 Å². The highest BCUT2D eigenvalue weighted by Gasteiger charge is 2.22. The first-order valence-electron chi connectivity index (χ1n) is 9.89. The van der Waals surface area contributed by atoms with Crippen molar-refractivity contribution in [2.75, 3.05) is 34.4 Å². The molecule has 1 fully saturated rings. The Morgan fingerprint density at radius 3 is 2.23 bits per heavy atom. The molecular formula is C23H23NO7. The average molecular weight is 425 g/mol. The van der Waals surface area contributed by atoms with Crippen LogP contribution in [0.15, 0.2) is 45.6 Å². The Hall–Kier alpha value is -3.68. The van der Waals surface area contributed by atoms with E-state index in [0.29, 0.717) is 34.2 Å². The number of amides is 1. The van der Waals surface area contributed by atoms with Gasteiger partial charge in [-0.15, -0.1) is 0 Å². The van der Waals surface area contributed by atoms with E-state index < -0.39 is 0 Å². The molecule has 4 rings (SSSR count). The molecule has 1 aliphatic heterocycles. The van der Waals surface area contributed by atoms with Crippen LogP contribution < -0.4 is 24.4 Å². The largest absolute Gasteiger partial charge is 0.493 e. The summed E-state index contributed by atoms with van der Waals surface area (Å²) in [6.07, 6.45) is 1.64. The number of hydrogen-bond acceptors (Lipinski definition) is 7. The first-order chi connectivity index (χ1) is 15.0.